The van der Waals surface area contributed by atoms with Gasteiger partial charge in [-0.3, -0.25) is 4.68 Å². The van der Waals surface area contributed by atoms with Gasteiger partial charge in [-0.25, -0.2) is 0 Å². The van der Waals surface area contributed by atoms with E-state index in [2.05, 4.69) is 53.9 Å². The first-order chi connectivity index (χ1) is 9.95. The van der Waals surface area contributed by atoms with Crippen LogP contribution in [-0.2, 0) is 11.3 Å². The van der Waals surface area contributed by atoms with Crippen molar-refractivity contribution >= 4 is 15.9 Å². The van der Waals surface area contributed by atoms with Crippen LogP contribution >= 0.6 is 15.9 Å². The van der Waals surface area contributed by atoms with E-state index in [1.54, 1.807) is 13.3 Å². The van der Waals surface area contributed by atoms with Crippen LogP contribution < -0.4 is 5.73 Å². The molecule has 1 aromatic heterocycles. The van der Waals surface area contributed by atoms with Crippen molar-refractivity contribution in [3.63, 3.8) is 0 Å². The zero-order chi connectivity index (χ0) is 15.6. The molecule has 1 atom stereocenters. The number of nitrogens with zero attached hydrogens (tertiary/aromatic N) is 2. The second kappa shape index (κ2) is 6.73. The van der Waals surface area contributed by atoms with Gasteiger partial charge in [0.1, 0.15) is 0 Å². The summed E-state index contributed by atoms with van der Waals surface area (Å²) in [6, 6.07) is 4.14. The highest BCUT2D eigenvalue weighted by atomic mass is 79.9. The van der Waals surface area contributed by atoms with E-state index in [1.165, 1.54) is 22.3 Å². The quantitative estimate of drug-likeness (QED) is 0.899. The molecule has 5 heteroatoms. The molecule has 0 aliphatic rings. The molecule has 0 amide bonds. The van der Waals surface area contributed by atoms with E-state index in [1.807, 2.05) is 4.68 Å². The lowest BCUT2D eigenvalue weighted by molar-refractivity contribution is 0.182. The molecular weight excluding hydrogens is 330 g/mol. The number of hydrogen-bond acceptors (Lipinski definition) is 3. The highest BCUT2D eigenvalue weighted by Crippen LogP contribution is 2.31. The maximum atomic E-state index is 6.55. The third-order valence-electron chi connectivity index (χ3n) is 3.68. The molecule has 21 heavy (non-hydrogen) atoms. The predicted molar refractivity (Wildman–Crippen MR) is 88.5 cm³/mol. The first kappa shape index (κ1) is 16.2. The summed E-state index contributed by atoms with van der Waals surface area (Å²) in [6.07, 6.45) is 1.80. The molecule has 0 saturated heterocycles. The number of rotatable bonds is 5. The predicted octanol–water partition coefficient (Wildman–Crippen LogP) is 3.27. The first-order valence-corrected chi connectivity index (χ1v) is 7.78. The molecule has 0 spiro atoms. The number of aryl methyl sites for hydroxylation is 3. The van der Waals surface area contributed by atoms with Crippen LogP contribution in [0.4, 0.5) is 0 Å². The van der Waals surface area contributed by atoms with Crippen molar-refractivity contribution in [3.8, 4) is 0 Å². The molecular formula is C16H22BrN3O. The van der Waals surface area contributed by atoms with E-state index in [9.17, 15) is 0 Å². The molecule has 2 rings (SSSR count). The van der Waals surface area contributed by atoms with Crippen molar-refractivity contribution in [1.82, 2.24) is 9.78 Å². The topological polar surface area (TPSA) is 53.1 Å². The molecule has 114 valence electrons. The lowest BCUT2D eigenvalue weighted by Gasteiger charge is -2.20. The zero-order valence-electron chi connectivity index (χ0n) is 13.0. The SMILES string of the molecule is COCCn1ncc(Br)c1C(N)c1c(C)cc(C)cc1C. The van der Waals surface area contributed by atoms with E-state index < -0.39 is 0 Å². The van der Waals surface area contributed by atoms with Crippen molar-refractivity contribution in [2.24, 2.45) is 5.73 Å². The van der Waals surface area contributed by atoms with Crippen LogP contribution in [0.1, 0.15) is 34.0 Å². The standard InChI is InChI=1S/C16H22BrN3O/c1-10-7-11(2)14(12(3)8-10)15(18)16-13(17)9-19-20(16)5-6-21-4/h7-9,15H,5-6,18H2,1-4H3. The van der Waals surface area contributed by atoms with Crippen LogP contribution in [0.25, 0.3) is 0 Å². The van der Waals surface area contributed by atoms with Crippen LogP contribution in [0.2, 0.25) is 0 Å². The minimum Gasteiger partial charge on any atom is -0.383 e. The minimum atomic E-state index is -0.209. The lowest BCUT2D eigenvalue weighted by atomic mass is 9.93. The van der Waals surface area contributed by atoms with Gasteiger partial charge in [-0.15, -0.1) is 0 Å². The Morgan fingerprint density at radius 1 is 1.29 bits per heavy atom. The van der Waals surface area contributed by atoms with Crippen LogP contribution in [-0.4, -0.2) is 23.5 Å². The van der Waals surface area contributed by atoms with E-state index in [-0.39, 0.29) is 6.04 Å². The zero-order valence-corrected chi connectivity index (χ0v) is 14.6. The first-order valence-electron chi connectivity index (χ1n) is 6.99. The van der Waals surface area contributed by atoms with Gasteiger partial charge in [0, 0.05) is 7.11 Å². The number of aromatic nitrogens is 2. The molecule has 2 aromatic rings. The summed E-state index contributed by atoms with van der Waals surface area (Å²) >= 11 is 3.57. The van der Waals surface area contributed by atoms with Crippen LogP contribution in [0.5, 0.6) is 0 Å². The summed E-state index contributed by atoms with van der Waals surface area (Å²) in [7, 11) is 1.69. The van der Waals surface area contributed by atoms with Gasteiger partial charge >= 0.3 is 0 Å². The van der Waals surface area contributed by atoms with E-state index in [0.717, 1.165) is 10.2 Å². The normalized spacial score (nSPS) is 12.7. The molecule has 1 heterocycles. The van der Waals surface area contributed by atoms with Crippen molar-refractivity contribution in [1.29, 1.82) is 0 Å². The summed E-state index contributed by atoms with van der Waals surface area (Å²) in [4.78, 5) is 0. The van der Waals surface area contributed by atoms with Crippen molar-refractivity contribution in [2.45, 2.75) is 33.4 Å². The molecule has 0 bridgehead atoms. The van der Waals surface area contributed by atoms with Crippen molar-refractivity contribution in [3.05, 3.63) is 50.8 Å². The Morgan fingerprint density at radius 2 is 1.90 bits per heavy atom. The van der Waals surface area contributed by atoms with Gasteiger partial charge in [-0.05, 0) is 53.4 Å². The largest absolute Gasteiger partial charge is 0.383 e. The Hall–Kier alpha value is -1.17. The fraction of sp³-hybridized carbons (Fsp3) is 0.438. The second-order valence-corrected chi connectivity index (χ2v) is 6.24. The van der Waals surface area contributed by atoms with E-state index in [0.29, 0.717) is 13.2 Å². The summed E-state index contributed by atoms with van der Waals surface area (Å²) in [5, 5.41) is 4.39. The fourth-order valence-corrected chi connectivity index (χ4v) is 3.40. The Labute approximate surface area is 134 Å². The molecule has 1 unspecified atom stereocenters. The second-order valence-electron chi connectivity index (χ2n) is 5.38. The number of nitrogens with two attached hydrogens (primary N) is 1. The smallest absolute Gasteiger partial charge is 0.0740 e. The number of ether oxygens (including phenoxy) is 1. The maximum absolute atomic E-state index is 6.55. The molecule has 1 aromatic carbocycles. The van der Waals surface area contributed by atoms with E-state index >= 15 is 0 Å². The molecule has 0 fully saturated rings. The molecule has 0 aliphatic carbocycles. The highest BCUT2D eigenvalue weighted by Gasteiger charge is 2.21. The lowest BCUT2D eigenvalue weighted by Crippen LogP contribution is -2.21. The fourth-order valence-electron chi connectivity index (χ4n) is 2.86. The average Bonchev–Trinajstić information content (AvgIpc) is 2.76. The molecule has 0 aliphatic heterocycles. The van der Waals surface area contributed by atoms with Crippen molar-refractivity contribution in [2.75, 3.05) is 13.7 Å². The summed E-state index contributed by atoms with van der Waals surface area (Å²) in [6.45, 7) is 7.63. The Bertz CT molecular complexity index is 613. The number of hydrogen-bond donors (Lipinski definition) is 1. The van der Waals surface area contributed by atoms with Gasteiger partial charge in [-0.2, -0.15) is 5.10 Å². The Kier molecular flexibility index (Phi) is 5.19. The van der Waals surface area contributed by atoms with Crippen LogP contribution in [0.3, 0.4) is 0 Å². The van der Waals surface area contributed by atoms with Gasteiger partial charge in [0.2, 0.25) is 0 Å². The monoisotopic (exact) mass is 351 g/mol. The molecule has 4 nitrogen and oxygen atoms in total. The van der Waals surface area contributed by atoms with Gasteiger partial charge in [-0.1, -0.05) is 17.7 Å². The number of halogens is 1. The van der Waals surface area contributed by atoms with Gasteiger partial charge in [0.15, 0.2) is 0 Å². The average molecular weight is 352 g/mol. The van der Waals surface area contributed by atoms with Crippen molar-refractivity contribution < 1.29 is 4.74 Å². The summed E-state index contributed by atoms with van der Waals surface area (Å²) < 4.78 is 7.99. The maximum Gasteiger partial charge on any atom is 0.0740 e. The minimum absolute atomic E-state index is 0.209. The molecule has 0 radical (unpaired) electrons. The Morgan fingerprint density at radius 3 is 2.48 bits per heavy atom. The van der Waals surface area contributed by atoms with Gasteiger partial charge in [0.25, 0.3) is 0 Å². The van der Waals surface area contributed by atoms with Crippen LogP contribution in [0.15, 0.2) is 22.8 Å². The van der Waals surface area contributed by atoms with Crippen LogP contribution in [0, 0.1) is 20.8 Å². The Balaban J connectivity index is 2.45. The highest BCUT2D eigenvalue weighted by molar-refractivity contribution is 9.10. The number of methoxy groups -OCH3 is 1. The summed E-state index contributed by atoms with van der Waals surface area (Å²) in [5.74, 6) is 0. The molecule has 0 saturated carbocycles. The summed E-state index contributed by atoms with van der Waals surface area (Å²) in [5.41, 5.74) is 12.4. The van der Waals surface area contributed by atoms with Gasteiger partial charge in [0.05, 0.1) is 35.6 Å². The molecule has 2 N–H and O–H groups in total. The van der Waals surface area contributed by atoms with Gasteiger partial charge < -0.3 is 10.5 Å². The number of benzene rings is 1. The van der Waals surface area contributed by atoms with E-state index in [4.69, 9.17) is 10.5 Å². The third-order valence-corrected chi connectivity index (χ3v) is 4.30. The third kappa shape index (κ3) is 3.36.